The van der Waals surface area contributed by atoms with Crippen LogP contribution in [-0.4, -0.2) is 47.7 Å². The maximum Gasteiger partial charge on any atom is 0.321 e. The van der Waals surface area contributed by atoms with Gasteiger partial charge in [-0.2, -0.15) is 0 Å². The molecule has 0 saturated heterocycles. The number of benzene rings is 1. The largest absolute Gasteiger partial charge is 0.481 e. The number of aliphatic carboxylic acids is 1. The molecule has 0 spiro atoms. The lowest BCUT2D eigenvalue weighted by Crippen LogP contribution is -2.33. The second-order valence-corrected chi connectivity index (χ2v) is 5.61. The number of carbonyl (C=O) groups excluding carboxylic acids is 1. The van der Waals surface area contributed by atoms with Crippen LogP contribution >= 0.6 is 0 Å². The number of nitrogens with zero attached hydrogens (tertiary/aromatic N) is 2. The molecule has 132 valence electrons. The zero-order chi connectivity index (χ0) is 18.4. The van der Waals surface area contributed by atoms with Gasteiger partial charge in [0, 0.05) is 37.1 Å². The molecule has 0 fully saturated rings. The monoisotopic (exact) mass is 343 g/mol. The molecule has 7 heteroatoms. The van der Waals surface area contributed by atoms with Crippen molar-refractivity contribution in [2.45, 2.75) is 13.3 Å². The van der Waals surface area contributed by atoms with Crippen LogP contribution in [-0.2, 0) is 4.79 Å². The summed E-state index contributed by atoms with van der Waals surface area (Å²) < 4.78 is 5.05. The number of carboxylic acid groups (broad SMARTS) is 1. The Balaban J connectivity index is 2.15. The van der Waals surface area contributed by atoms with E-state index in [0.29, 0.717) is 11.6 Å². The number of methoxy groups -OCH3 is 1. The van der Waals surface area contributed by atoms with Gasteiger partial charge < -0.3 is 20.1 Å². The van der Waals surface area contributed by atoms with Crippen LogP contribution in [0.2, 0.25) is 0 Å². The van der Waals surface area contributed by atoms with E-state index in [0.717, 1.165) is 16.7 Å². The van der Waals surface area contributed by atoms with Crippen molar-refractivity contribution in [3.63, 3.8) is 0 Å². The van der Waals surface area contributed by atoms with Crippen LogP contribution in [0.15, 0.2) is 36.5 Å². The third-order valence-electron chi connectivity index (χ3n) is 3.77. The second kappa shape index (κ2) is 8.14. The molecule has 1 heterocycles. The average molecular weight is 343 g/mol. The number of rotatable bonds is 6. The molecule has 0 bridgehead atoms. The van der Waals surface area contributed by atoms with E-state index in [9.17, 15) is 9.59 Å². The van der Waals surface area contributed by atoms with Crippen molar-refractivity contribution in [1.29, 1.82) is 0 Å². The molecule has 2 amide bonds. The maximum atomic E-state index is 12.2. The third kappa shape index (κ3) is 4.94. The highest BCUT2D eigenvalue weighted by Crippen LogP contribution is 2.26. The number of amides is 2. The predicted octanol–water partition coefficient (Wildman–Crippen LogP) is 3.00. The first-order chi connectivity index (χ1) is 11.9. The number of anilines is 1. The first-order valence-corrected chi connectivity index (χ1v) is 7.75. The quantitative estimate of drug-likeness (QED) is 0.841. The van der Waals surface area contributed by atoms with Gasteiger partial charge in [-0.3, -0.25) is 4.79 Å². The molecule has 25 heavy (non-hydrogen) atoms. The van der Waals surface area contributed by atoms with Gasteiger partial charge in [-0.15, -0.1) is 0 Å². The number of hydrogen-bond donors (Lipinski definition) is 2. The van der Waals surface area contributed by atoms with Crippen molar-refractivity contribution < 1.29 is 19.4 Å². The van der Waals surface area contributed by atoms with E-state index >= 15 is 0 Å². The standard InChI is InChI=1S/C18H21N3O4/c1-12-4-5-13(14-6-7-16(25-3)19-11-14)10-15(12)20-18(24)21(2)9-8-17(22)23/h4-7,10-11H,8-9H2,1-3H3,(H,20,24)(H,22,23). The van der Waals surface area contributed by atoms with Gasteiger partial charge >= 0.3 is 12.0 Å². The lowest BCUT2D eigenvalue weighted by Gasteiger charge is -2.18. The summed E-state index contributed by atoms with van der Waals surface area (Å²) in [5, 5.41) is 11.5. The van der Waals surface area contributed by atoms with Gasteiger partial charge in [0.05, 0.1) is 13.5 Å². The summed E-state index contributed by atoms with van der Waals surface area (Å²) in [6.45, 7) is 2.03. The molecule has 0 atom stereocenters. The fraction of sp³-hybridized carbons (Fsp3) is 0.278. The summed E-state index contributed by atoms with van der Waals surface area (Å²) in [5.74, 6) is -0.408. The molecule has 2 N–H and O–H groups in total. The van der Waals surface area contributed by atoms with Gasteiger partial charge in [0.15, 0.2) is 0 Å². The zero-order valence-electron chi connectivity index (χ0n) is 14.4. The topological polar surface area (TPSA) is 91.8 Å². The van der Waals surface area contributed by atoms with Crippen LogP contribution < -0.4 is 10.1 Å². The summed E-state index contributed by atoms with van der Waals surface area (Å²) in [4.78, 5) is 28.3. The van der Waals surface area contributed by atoms with Crippen molar-refractivity contribution in [2.24, 2.45) is 0 Å². The normalized spacial score (nSPS) is 10.2. The molecule has 7 nitrogen and oxygen atoms in total. The highest BCUT2D eigenvalue weighted by molar-refractivity contribution is 5.91. The van der Waals surface area contributed by atoms with E-state index in [2.05, 4.69) is 10.3 Å². The molecule has 1 aromatic carbocycles. The van der Waals surface area contributed by atoms with Gasteiger partial charge in [0.1, 0.15) is 0 Å². The number of urea groups is 1. The molecule has 0 unspecified atom stereocenters. The third-order valence-corrected chi connectivity index (χ3v) is 3.77. The molecular formula is C18H21N3O4. The van der Waals surface area contributed by atoms with Crippen molar-refractivity contribution in [3.05, 3.63) is 42.1 Å². The molecule has 0 aliphatic rings. The minimum Gasteiger partial charge on any atom is -0.481 e. The molecular weight excluding hydrogens is 322 g/mol. The first kappa shape index (κ1) is 18.3. The lowest BCUT2D eigenvalue weighted by atomic mass is 10.0. The summed E-state index contributed by atoms with van der Waals surface area (Å²) in [6.07, 6.45) is 1.61. The second-order valence-electron chi connectivity index (χ2n) is 5.61. The highest BCUT2D eigenvalue weighted by atomic mass is 16.5. The molecule has 0 radical (unpaired) electrons. The SMILES string of the molecule is COc1ccc(-c2ccc(C)c(NC(=O)N(C)CCC(=O)O)c2)cn1. The van der Waals surface area contributed by atoms with E-state index in [1.807, 2.05) is 31.2 Å². The minimum absolute atomic E-state index is 0.0968. The van der Waals surface area contributed by atoms with Crippen molar-refractivity contribution in [2.75, 3.05) is 26.0 Å². The van der Waals surface area contributed by atoms with Crippen LogP contribution in [0.5, 0.6) is 5.88 Å². The Labute approximate surface area is 146 Å². The molecule has 2 aromatic rings. The fourth-order valence-corrected chi connectivity index (χ4v) is 2.18. The van der Waals surface area contributed by atoms with Crippen molar-refractivity contribution in [3.8, 4) is 17.0 Å². The number of aryl methyl sites for hydroxylation is 1. The van der Waals surface area contributed by atoms with Crippen LogP contribution in [0.4, 0.5) is 10.5 Å². The van der Waals surface area contributed by atoms with Gasteiger partial charge in [-0.1, -0.05) is 12.1 Å². The van der Waals surface area contributed by atoms with E-state index in [1.165, 1.54) is 4.90 Å². The smallest absolute Gasteiger partial charge is 0.321 e. The van der Waals surface area contributed by atoms with E-state index in [4.69, 9.17) is 9.84 Å². The number of ether oxygens (including phenoxy) is 1. The lowest BCUT2D eigenvalue weighted by molar-refractivity contribution is -0.137. The van der Waals surface area contributed by atoms with Gasteiger partial charge in [0.25, 0.3) is 0 Å². The van der Waals surface area contributed by atoms with Crippen LogP contribution in [0.1, 0.15) is 12.0 Å². The summed E-state index contributed by atoms with van der Waals surface area (Å²) in [5.41, 5.74) is 3.38. The van der Waals surface area contributed by atoms with Gasteiger partial charge in [-0.25, -0.2) is 9.78 Å². The van der Waals surface area contributed by atoms with Crippen LogP contribution in [0.25, 0.3) is 11.1 Å². The first-order valence-electron chi connectivity index (χ1n) is 7.75. The van der Waals surface area contributed by atoms with Gasteiger partial charge in [-0.05, 0) is 30.2 Å². The Morgan fingerprint density at radius 1 is 1.24 bits per heavy atom. The number of nitrogens with one attached hydrogen (secondary N) is 1. The molecule has 2 rings (SSSR count). The average Bonchev–Trinajstić information content (AvgIpc) is 2.61. The number of carbonyl (C=O) groups is 2. The van der Waals surface area contributed by atoms with E-state index in [-0.39, 0.29) is 19.0 Å². The summed E-state index contributed by atoms with van der Waals surface area (Å²) in [7, 11) is 3.12. The van der Waals surface area contributed by atoms with Crippen LogP contribution in [0.3, 0.4) is 0 Å². The Kier molecular flexibility index (Phi) is 5.94. The Hall–Kier alpha value is -3.09. The Bertz CT molecular complexity index is 759. The summed E-state index contributed by atoms with van der Waals surface area (Å²) >= 11 is 0. The zero-order valence-corrected chi connectivity index (χ0v) is 14.4. The van der Waals surface area contributed by atoms with E-state index < -0.39 is 5.97 Å². The number of hydrogen-bond acceptors (Lipinski definition) is 4. The molecule has 1 aromatic heterocycles. The highest BCUT2D eigenvalue weighted by Gasteiger charge is 2.12. The molecule has 0 aliphatic carbocycles. The number of aromatic nitrogens is 1. The summed E-state index contributed by atoms with van der Waals surface area (Å²) in [6, 6.07) is 9.03. The van der Waals surface area contributed by atoms with E-state index in [1.54, 1.807) is 26.4 Å². The number of pyridine rings is 1. The van der Waals surface area contributed by atoms with Crippen molar-refractivity contribution in [1.82, 2.24) is 9.88 Å². The van der Waals surface area contributed by atoms with Crippen LogP contribution in [0, 0.1) is 6.92 Å². The Morgan fingerprint density at radius 3 is 2.56 bits per heavy atom. The molecule has 0 aliphatic heterocycles. The molecule has 0 saturated carbocycles. The fourth-order valence-electron chi connectivity index (χ4n) is 2.18. The maximum absolute atomic E-state index is 12.2. The Morgan fingerprint density at radius 2 is 1.96 bits per heavy atom. The van der Waals surface area contributed by atoms with Gasteiger partial charge in [0.2, 0.25) is 5.88 Å². The minimum atomic E-state index is -0.940. The number of carboxylic acids is 1. The van der Waals surface area contributed by atoms with Crippen molar-refractivity contribution >= 4 is 17.7 Å². The predicted molar refractivity (Wildman–Crippen MR) is 94.9 cm³/mol.